The van der Waals surface area contributed by atoms with Crippen molar-refractivity contribution in [3.8, 4) is 5.75 Å². The van der Waals surface area contributed by atoms with Crippen LogP contribution in [0, 0.1) is 0 Å². The van der Waals surface area contributed by atoms with E-state index in [4.69, 9.17) is 14.6 Å². The van der Waals surface area contributed by atoms with Gasteiger partial charge in [-0.2, -0.15) is 0 Å². The molecule has 27 heavy (non-hydrogen) atoms. The Labute approximate surface area is 157 Å². The second-order valence-electron chi connectivity index (χ2n) is 5.70. The standard InChI is InChI=1S/C20H22N4O3/c1-26-16-5-6-18-17(13-16)20(22-9-11-27-12-10-25)24-19(23-18)7-4-15-3-2-8-21-14-15/h2-8,13-14,25H,9-12H2,1H3,(H,22,23,24). The van der Waals surface area contributed by atoms with Crippen LogP contribution in [0.25, 0.3) is 23.1 Å². The average molecular weight is 366 g/mol. The zero-order chi connectivity index (χ0) is 18.9. The zero-order valence-electron chi connectivity index (χ0n) is 15.1. The van der Waals surface area contributed by atoms with Gasteiger partial charge in [0.25, 0.3) is 0 Å². The maximum absolute atomic E-state index is 8.78. The Kier molecular flexibility index (Phi) is 6.67. The van der Waals surface area contributed by atoms with Crippen LogP contribution < -0.4 is 10.1 Å². The summed E-state index contributed by atoms with van der Waals surface area (Å²) in [5.41, 5.74) is 1.79. The number of aromatic nitrogens is 3. The van der Waals surface area contributed by atoms with E-state index >= 15 is 0 Å². The number of fused-ring (bicyclic) bond motifs is 1. The van der Waals surface area contributed by atoms with Crippen LogP contribution in [0.15, 0.2) is 42.7 Å². The molecule has 0 saturated heterocycles. The molecule has 2 heterocycles. The Bertz CT molecular complexity index is 900. The molecule has 0 atom stereocenters. The Morgan fingerprint density at radius 1 is 1.15 bits per heavy atom. The molecule has 0 unspecified atom stereocenters. The molecule has 3 aromatic rings. The molecule has 3 rings (SSSR count). The van der Waals surface area contributed by atoms with Crippen molar-refractivity contribution in [2.24, 2.45) is 0 Å². The first-order valence-corrected chi connectivity index (χ1v) is 8.66. The van der Waals surface area contributed by atoms with Gasteiger partial charge in [0.1, 0.15) is 11.6 Å². The minimum absolute atomic E-state index is 0.0108. The van der Waals surface area contributed by atoms with E-state index in [9.17, 15) is 0 Å². The SMILES string of the molecule is COc1ccc2nc(C=Cc3cccnc3)nc(NCCOCCO)c2c1. The molecule has 7 nitrogen and oxygen atoms in total. The summed E-state index contributed by atoms with van der Waals surface area (Å²) in [6.45, 7) is 1.36. The molecule has 0 bridgehead atoms. The molecule has 0 spiro atoms. The number of nitrogens with one attached hydrogen (secondary N) is 1. The lowest BCUT2D eigenvalue weighted by atomic mass is 10.2. The summed E-state index contributed by atoms with van der Waals surface area (Å²) in [5.74, 6) is 2.04. The predicted molar refractivity (Wildman–Crippen MR) is 106 cm³/mol. The predicted octanol–water partition coefficient (Wildman–Crippen LogP) is 2.62. The normalized spacial score (nSPS) is 11.2. The topological polar surface area (TPSA) is 89.4 Å². The molecule has 0 radical (unpaired) electrons. The van der Waals surface area contributed by atoms with Gasteiger partial charge in [0.05, 0.1) is 32.4 Å². The highest BCUT2D eigenvalue weighted by Gasteiger charge is 2.08. The van der Waals surface area contributed by atoms with Crippen LogP contribution in [-0.4, -0.2) is 53.5 Å². The molecule has 0 fully saturated rings. The van der Waals surface area contributed by atoms with Crippen molar-refractivity contribution in [3.63, 3.8) is 0 Å². The summed E-state index contributed by atoms with van der Waals surface area (Å²) in [7, 11) is 1.63. The van der Waals surface area contributed by atoms with Crippen molar-refractivity contribution in [3.05, 3.63) is 54.1 Å². The minimum Gasteiger partial charge on any atom is -0.497 e. The van der Waals surface area contributed by atoms with Gasteiger partial charge in [-0.3, -0.25) is 4.98 Å². The summed E-state index contributed by atoms with van der Waals surface area (Å²) >= 11 is 0. The molecular weight excluding hydrogens is 344 g/mol. The van der Waals surface area contributed by atoms with Gasteiger partial charge in [-0.25, -0.2) is 9.97 Å². The van der Waals surface area contributed by atoms with Crippen molar-refractivity contribution >= 4 is 28.9 Å². The number of aliphatic hydroxyl groups is 1. The van der Waals surface area contributed by atoms with Gasteiger partial charge >= 0.3 is 0 Å². The fourth-order valence-corrected chi connectivity index (χ4v) is 2.52. The quantitative estimate of drug-likeness (QED) is 0.563. The van der Waals surface area contributed by atoms with Crippen LogP contribution in [-0.2, 0) is 4.74 Å². The first-order valence-electron chi connectivity index (χ1n) is 8.66. The van der Waals surface area contributed by atoms with E-state index in [0.717, 1.165) is 22.2 Å². The number of pyridine rings is 1. The highest BCUT2D eigenvalue weighted by molar-refractivity contribution is 5.91. The molecule has 140 valence electrons. The third-order valence-electron chi connectivity index (χ3n) is 3.80. The first-order chi connectivity index (χ1) is 13.3. The van der Waals surface area contributed by atoms with Gasteiger partial charge in [0, 0.05) is 24.3 Å². The number of aliphatic hydroxyl groups excluding tert-OH is 1. The number of rotatable bonds is 9. The number of ether oxygens (including phenoxy) is 2. The summed E-state index contributed by atoms with van der Waals surface area (Å²) in [6.07, 6.45) is 7.29. The smallest absolute Gasteiger partial charge is 0.154 e. The molecule has 2 N–H and O–H groups in total. The molecule has 0 amide bonds. The lowest BCUT2D eigenvalue weighted by Crippen LogP contribution is -2.13. The highest BCUT2D eigenvalue weighted by atomic mass is 16.5. The molecule has 7 heteroatoms. The van der Waals surface area contributed by atoms with E-state index < -0.39 is 0 Å². The third-order valence-corrected chi connectivity index (χ3v) is 3.80. The first kappa shape index (κ1) is 18.8. The zero-order valence-corrected chi connectivity index (χ0v) is 15.1. The minimum atomic E-state index is 0.0108. The van der Waals surface area contributed by atoms with E-state index in [1.165, 1.54) is 0 Å². The van der Waals surface area contributed by atoms with Crippen molar-refractivity contribution in [1.29, 1.82) is 0 Å². The Balaban J connectivity index is 1.87. The van der Waals surface area contributed by atoms with Gasteiger partial charge in [0.2, 0.25) is 0 Å². The molecule has 2 aromatic heterocycles. The fraction of sp³-hybridized carbons (Fsp3) is 0.250. The molecular formula is C20H22N4O3. The summed E-state index contributed by atoms with van der Waals surface area (Å²) < 4.78 is 10.6. The summed E-state index contributed by atoms with van der Waals surface area (Å²) in [4.78, 5) is 13.3. The molecule has 0 aliphatic heterocycles. The van der Waals surface area contributed by atoms with Crippen molar-refractivity contribution in [2.75, 3.05) is 38.8 Å². The molecule has 0 saturated carbocycles. The number of methoxy groups -OCH3 is 1. The average Bonchev–Trinajstić information content (AvgIpc) is 2.72. The Hall–Kier alpha value is -3.03. The highest BCUT2D eigenvalue weighted by Crippen LogP contribution is 2.25. The molecule has 0 aliphatic carbocycles. The van der Waals surface area contributed by atoms with Crippen molar-refractivity contribution in [2.45, 2.75) is 0 Å². The van der Waals surface area contributed by atoms with Crippen LogP contribution in [0.5, 0.6) is 5.75 Å². The number of nitrogens with zero attached hydrogens (tertiary/aromatic N) is 3. The van der Waals surface area contributed by atoms with Crippen LogP contribution >= 0.6 is 0 Å². The Morgan fingerprint density at radius 2 is 2.07 bits per heavy atom. The van der Waals surface area contributed by atoms with Crippen molar-refractivity contribution in [1.82, 2.24) is 15.0 Å². The number of anilines is 1. The second-order valence-corrected chi connectivity index (χ2v) is 5.70. The summed E-state index contributed by atoms with van der Waals surface area (Å²) in [5, 5.41) is 12.9. The van der Waals surface area contributed by atoms with Crippen LogP contribution in [0.3, 0.4) is 0 Å². The van der Waals surface area contributed by atoms with Gasteiger partial charge in [-0.05, 0) is 42.0 Å². The third kappa shape index (κ3) is 5.22. The van der Waals surface area contributed by atoms with Crippen LogP contribution in [0.4, 0.5) is 5.82 Å². The van der Waals surface area contributed by atoms with E-state index in [0.29, 0.717) is 31.4 Å². The lowest BCUT2D eigenvalue weighted by molar-refractivity contribution is 0.0992. The number of hydrogen-bond acceptors (Lipinski definition) is 7. The maximum Gasteiger partial charge on any atom is 0.154 e. The number of hydrogen-bond donors (Lipinski definition) is 2. The monoisotopic (exact) mass is 366 g/mol. The fourth-order valence-electron chi connectivity index (χ4n) is 2.52. The van der Waals surface area contributed by atoms with E-state index in [1.807, 2.05) is 42.5 Å². The van der Waals surface area contributed by atoms with Gasteiger partial charge in [-0.15, -0.1) is 0 Å². The largest absolute Gasteiger partial charge is 0.497 e. The van der Waals surface area contributed by atoms with E-state index in [1.54, 1.807) is 19.5 Å². The Morgan fingerprint density at radius 3 is 2.85 bits per heavy atom. The van der Waals surface area contributed by atoms with E-state index in [2.05, 4.69) is 20.3 Å². The van der Waals surface area contributed by atoms with Crippen LogP contribution in [0.1, 0.15) is 11.4 Å². The lowest BCUT2D eigenvalue weighted by Gasteiger charge is -2.11. The number of benzene rings is 1. The van der Waals surface area contributed by atoms with Gasteiger partial charge in [0.15, 0.2) is 5.82 Å². The molecule has 0 aliphatic rings. The van der Waals surface area contributed by atoms with E-state index in [-0.39, 0.29) is 6.61 Å². The van der Waals surface area contributed by atoms with Gasteiger partial charge < -0.3 is 19.9 Å². The maximum atomic E-state index is 8.78. The summed E-state index contributed by atoms with van der Waals surface area (Å²) in [6, 6.07) is 9.53. The van der Waals surface area contributed by atoms with Crippen LogP contribution in [0.2, 0.25) is 0 Å². The second kappa shape index (κ2) is 9.61. The van der Waals surface area contributed by atoms with Gasteiger partial charge in [-0.1, -0.05) is 6.07 Å². The van der Waals surface area contributed by atoms with Crippen molar-refractivity contribution < 1.29 is 14.6 Å². The molecule has 1 aromatic carbocycles.